The van der Waals surface area contributed by atoms with Crippen molar-refractivity contribution in [2.45, 2.75) is 32.3 Å². The number of benzene rings is 2. The lowest BCUT2D eigenvalue weighted by molar-refractivity contribution is -0.384. The van der Waals surface area contributed by atoms with Gasteiger partial charge < -0.3 is 15.0 Å². The van der Waals surface area contributed by atoms with Crippen molar-refractivity contribution in [2.24, 2.45) is 0 Å². The molecule has 0 aliphatic carbocycles. The molecule has 1 N–H and O–H groups in total. The van der Waals surface area contributed by atoms with E-state index >= 15 is 0 Å². The van der Waals surface area contributed by atoms with Gasteiger partial charge in [-0.15, -0.1) is 0 Å². The Morgan fingerprint density at radius 2 is 1.97 bits per heavy atom. The van der Waals surface area contributed by atoms with Crippen molar-refractivity contribution in [1.82, 2.24) is 0 Å². The number of rotatable bonds is 7. The summed E-state index contributed by atoms with van der Waals surface area (Å²) >= 11 is 0. The average Bonchev–Trinajstić information content (AvgIpc) is 3.14. The first kappa shape index (κ1) is 21.0. The van der Waals surface area contributed by atoms with Gasteiger partial charge in [-0.2, -0.15) is 0 Å². The average molecular weight is 411 g/mol. The highest BCUT2D eigenvalue weighted by Crippen LogP contribution is 2.22. The van der Waals surface area contributed by atoms with Crippen LogP contribution in [0, 0.1) is 10.1 Å². The molecule has 0 spiro atoms. The Labute approximate surface area is 172 Å². The van der Waals surface area contributed by atoms with E-state index in [0.717, 1.165) is 12.1 Å². The van der Waals surface area contributed by atoms with Crippen molar-refractivity contribution in [3.05, 3.63) is 64.2 Å². The number of nitrogens with zero attached hydrogens (tertiary/aromatic N) is 2. The number of carbonyl (C=O) groups excluding carboxylic acids is 3. The number of carbonyl (C=O) groups is 3. The van der Waals surface area contributed by atoms with E-state index < -0.39 is 22.9 Å². The third kappa shape index (κ3) is 5.19. The minimum atomic E-state index is -1.07. The summed E-state index contributed by atoms with van der Waals surface area (Å²) in [6.07, 6.45) is 0.286. The van der Waals surface area contributed by atoms with Crippen molar-refractivity contribution in [1.29, 1.82) is 0 Å². The molecule has 2 aromatic rings. The van der Waals surface area contributed by atoms with Crippen molar-refractivity contribution >= 4 is 34.8 Å². The molecule has 9 heteroatoms. The molecule has 30 heavy (non-hydrogen) atoms. The van der Waals surface area contributed by atoms with Gasteiger partial charge in [-0.1, -0.05) is 18.2 Å². The number of nitrogens with one attached hydrogen (secondary N) is 1. The zero-order chi connectivity index (χ0) is 21.7. The molecule has 1 atom stereocenters. The van der Waals surface area contributed by atoms with Gasteiger partial charge in [0.1, 0.15) is 0 Å². The summed E-state index contributed by atoms with van der Waals surface area (Å²) in [6, 6.07) is 12.5. The topological polar surface area (TPSA) is 119 Å². The molecular weight excluding hydrogens is 390 g/mol. The summed E-state index contributed by atoms with van der Waals surface area (Å²) in [6.45, 7) is 2.12. The maximum Gasteiger partial charge on any atom is 0.311 e. The SMILES string of the molecule is C[C@H](OC(=O)Cc1ccc(N2CCCC2=O)cc1)C(=O)Nc1cccc([N+](=O)[O-])c1. The smallest absolute Gasteiger partial charge is 0.311 e. The number of nitro groups is 1. The van der Waals surface area contributed by atoms with Crippen LogP contribution in [0.2, 0.25) is 0 Å². The lowest BCUT2D eigenvalue weighted by atomic mass is 10.1. The molecule has 1 aliphatic heterocycles. The second-order valence-corrected chi connectivity index (χ2v) is 6.92. The van der Waals surface area contributed by atoms with E-state index in [1.54, 1.807) is 29.2 Å². The number of hydrogen-bond donors (Lipinski definition) is 1. The number of non-ortho nitro benzene ring substituents is 1. The van der Waals surface area contributed by atoms with Gasteiger partial charge in [0.15, 0.2) is 6.10 Å². The lowest BCUT2D eigenvalue weighted by Gasteiger charge is -2.16. The van der Waals surface area contributed by atoms with Gasteiger partial charge in [0.2, 0.25) is 5.91 Å². The largest absolute Gasteiger partial charge is 0.452 e. The second kappa shape index (κ2) is 9.17. The third-order valence-electron chi connectivity index (χ3n) is 4.67. The maximum absolute atomic E-state index is 12.2. The van der Waals surface area contributed by atoms with Gasteiger partial charge in [0, 0.05) is 36.5 Å². The van der Waals surface area contributed by atoms with Gasteiger partial charge >= 0.3 is 5.97 Å². The highest BCUT2D eigenvalue weighted by Gasteiger charge is 2.22. The van der Waals surface area contributed by atoms with E-state index in [4.69, 9.17) is 4.74 Å². The molecule has 0 unspecified atom stereocenters. The molecule has 3 rings (SSSR count). The third-order valence-corrected chi connectivity index (χ3v) is 4.67. The van der Waals surface area contributed by atoms with Crippen molar-refractivity contribution < 1.29 is 24.0 Å². The minimum Gasteiger partial charge on any atom is -0.452 e. The molecular formula is C21H21N3O6. The Hall–Kier alpha value is -3.75. The first-order valence-corrected chi connectivity index (χ1v) is 9.47. The molecule has 156 valence electrons. The molecule has 1 saturated heterocycles. The number of esters is 1. The number of nitro benzene ring substituents is 1. The Bertz CT molecular complexity index is 973. The number of ether oxygens (including phenoxy) is 1. The summed E-state index contributed by atoms with van der Waals surface area (Å²) in [5.74, 6) is -1.08. The first-order chi connectivity index (χ1) is 14.3. The normalized spacial score (nSPS) is 14.3. The van der Waals surface area contributed by atoms with E-state index in [-0.39, 0.29) is 23.7 Å². The van der Waals surface area contributed by atoms with E-state index in [0.29, 0.717) is 18.5 Å². The molecule has 0 aromatic heterocycles. The fourth-order valence-electron chi connectivity index (χ4n) is 3.12. The maximum atomic E-state index is 12.2. The number of anilines is 2. The lowest BCUT2D eigenvalue weighted by Crippen LogP contribution is -2.30. The predicted octanol–water partition coefficient (Wildman–Crippen LogP) is 2.83. The van der Waals surface area contributed by atoms with E-state index in [1.807, 2.05) is 0 Å². The summed E-state index contributed by atoms with van der Waals surface area (Å²) < 4.78 is 5.16. The Morgan fingerprint density at radius 1 is 1.23 bits per heavy atom. The quantitative estimate of drug-likeness (QED) is 0.425. The van der Waals surface area contributed by atoms with Crippen LogP contribution < -0.4 is 10.2 Å². The standard InChI is InChI=1S/C21H21N3O6/c1-14(21(27)22-16-4-2-5-18(13-16)24(28)29)30-20(26)12-15-7-9-17(10-8-15)23-11-3-6-19(23)25/h2,4-5,7-10,13-14H,3,6,11-12H2,1H3,(H,22,27)/t14-/m0/s1. The molecule has 2 amide bonds. The van der Waals surface area contributed by atoms with Gasteiger partial charge in [-0.3, -0.25) is 24.5 Å². The van der Waals surface area contributed by atoms with E-state index in [9.17, 15) is 24.5 Å². The van der Waals surface area contributed by atoms with Crippen molar-refractivity contribution in [3.8, 4) is 0 Å². The fourth-order valence-corrected chi connectivity index (χ4v) is 3.12. The second-order valence-electron chi connectivity index (χ2n) is 6.92. The van der Waals surface area contributed by atoms with Crippen LogP contribution in [0.25, 0.3) is 0 Å². The summed E-state index contributed by atoms with van der Waals surface area (Å²) in [5.41, 5.74) is 1.57. The molecule has 9 nitrogen and oxygen atoms in total. The van der Waals surface area contributed by atoms with Crippen LogP contribution >= 0.6 is 0 Å². The van der Waals surface area contributed by atoms with Gasteiger partial charge in [-0.05, 0) is 37.1 Å². The molecule has 1 aliphatic rings. The highest BCUT2D eigenvalue weighted by atomic mass is 16.6. The molecule has 0 radical (unpaired) electrons. The number of amides is 2. The Morgan fingerprint density at radius 3 is 2.60 bits per heavy atom. The van der Waals surface area contributed by atoms with Crippen molar-refractivity contribution in [3.63, 3.8) is 0 Å². The summed E-state index contributed by atoms with van der Waals surface area (Å²) in [7, 11) is 0. The van der Waals surface area contributed by atoms with Gasteiger partial charge in [0.05, 0.1) is 11.3 Å². The van der Waals surface area contributed by atoms with Crippen LogP contribution in [0.15, 0.2) is 48.5 Å². The zero-order valence-corrected chi connectivity index (χ0v) is 16.4. The monoisotopic (exact) mass is 411 g/mol. The fraction of sp³-hybridized carbons (Fsp3) is 0.286. The van der Waals surface area contributed by atoms with Crippen LogP contribution in [-0.2, 0) is 25.5 Å². The molecule has 0 saturated carbocycles. The first-order valence-electron chi connectivity index (χ1n) is 9.47. The van der Waals surface area contributed by atoms with Gasteiger partial charge in [-0.25, -0.2) is 0 Å². The molecule has 0 bridgehead atoms. The zero-order valence-electron chi connectivity index (χ0n) is 16.4. The van der Waals surface area contributed by atoms with Crippen LogP contribution in [0.1, 0.15) is 25.3 Å². The van der Waals surface area contributed by atoms with E-state index in [2.05, 4.69) is 5.32 Å². The molecule has 1 heterocycles. The van der Waals surface area contributed by atoms with E-state index in [1.165, 1.54) is 31.2 Å². The predicted molar refractivity (Wildman–Crippen MR) is 109 cm³/mol. The molecule has 2 aromatic carbocycles. The van der Waals surface area contributed by atoms with Crippen LogP contribution in [0.4, 0.5) is 17.1 Å². The Kier molecular flexibility index (Phi) is 6.41. The summed E-state index contributed by atoms with van der Waals surface area (Å²) in [4.78, 5) is 48.1. The summed E-state index contributed by atoms with van der Waals surface area (Å²) in [5, 5.41) is 13.3. The number of hydrogen-bond acceptors (Lipinski definition) is 6. The minimum absolute atomic E-state index is 0.0251. The van der Waals surface area contributed by atoms with Gasteiger partial charge in [0.25, 0.3) is 11.6 Å². The van der Waals surface area contributed by atoms with Crippen LogP contribution in [-0.4, -0.2) is 35.4 Å². The van der Waals surface area contributed by atoms with Crippen LogP contribution in [0.3, 0.4) is 0 Å². The Balaban J connectivity index is 1.52. The molecule has 1 fully saturated rings. The highest BCUT2D eigenvalue weighted by molar-refractivity contribution is 5.96. The van der Waals surface area contributed by atoms with Crippen LogP contribution in [0.5, 0.6) is 0 Å². The van der Waals surface area contributed by atoms with Crippen molar-refractivity contribution in [2.75, 3.05) is 16.8 Å².